The Morgan fingerprint density at radius 2 is 2.07 bits per heavy atom. The maximum atomic E-state index is 5.63. The summed E-state index contributed by atoms with van der Waals surface area (Å²) in [7, 11) is 1.95. The van der Waals surface area contributed by atoms with E-state index in [9.17, 15) is 0 Å². The van der Waals surface area contributed by atoms with Crippen LogP contribution < -0.4 is 10.6 Å². The van der Waals surface area contributed by atoms with Crippen molar-refractivity contribution in [2.45, 2.75) is 25.7 Å². The van der Waals surface area contributed by atoms with E-state index >= 15 is 0 Å². The largest absolute Gasteiger partial charge is 0.368 e. The first-order chi connectivity index (χ1) is 6.70. The van der Waals surface area contributed by atoms with E-state index in [1.807, 2.05) is 11.9 Å². The van der Waals surface area contributed by atoms with Crippen LogP contribution in [0.25, 0.3) is 0 Å². The van der Waals surface area contributed by atoms with E-state index in [2.05, 4.69) is 21.9 Å². The molecule has 1 aliphatic carbocycles. The summed E-state index contributed by atoms with van der Waals surface area (Å²) in [6, 6.07) is 0. The second-order valence-electron chi connectivity index (χ2n) is 3.64. The molecule has 0 spiro atoms. The summed E-state index contributed by atoms with van der Waals surface area (Å²) >= 11 is 0. The number of nitrogens with zero attached hydrogens (tertiary/aromatic N) is 4. The average molecular weight is 193 g/mol. The van der Waals surface area contributed by atoms with Crippen molar-refractivity contribution in [2.24, 2.45) is 0 Å². The number of nitrogens with two attached hydrogens (primary N) is 1. The van der Waals surface area contributed by atoms with Crippen LogP contribution in [0.15, 0.2) is 0 Å². The smallest absolute Gasteiger partial charge is 0.230 e. The number of nitrogen functional groups attached to an aromatic ring is 1. The lowest BCUT2D eigenvalue weighted by Crippen LogP contribution is -2.20. The Morgan fingerprint density at radius 3 is 2.64 bits per heavy atom. The molecule has 2 rings (SSSR count). The zero-order valence-corrected chi connectivity index (χ0v) is 8.56. The van der Waals surface area contributed by atoms with Gasteiger partial charge in [-0.05, 0) is 19.8 Å². The summed E-state index contributed by atoms with van der Waals surface area (Å²) in [5.74, 6) is 2.39. The molecule has 2 N–H and O–H groups in total. The predicted molar refractivity (Wildman–Crippen MR) is 55.2 cm³/mol. The normalized spacial score (nSPS) is 15.6. The molecule has 0 unspecified atom stereocenters. The van der Waals surface area contributed by atoms with E-state index in [4.69, 9.17) is 5.73 Å². The van der Waals surface area contributed by atoms with Crippen LogP contribution in [0.2, 0.25) is 0 Å². The highest BCUT2D eigenvalue weighted by molar-refractivity contribution is 5.34. The average Bonchev–Trinajstić information content (AvgIpc) is 2.98. The number of hydrogen-bond acceptors (Lipinski definition) is 5. The van der Waals surface area contributed by atoms with Gasteiger partial charge in [-0.25, -0.2) is 0 Å². The Kier molecular flexibility index (Phi) is 2.23. The molecule has 1 heterocycles. The highest BCUT2D eigenvalue weighted by atomic mass is 15.3. The molecule has 5 heteroatoms. The van der Waals surface area contributed by atoms with E-state index in [0.717, 1.165) is 12.4 Å². The van der Waals surface area contributed by atoms with Gasteiger partial charge in [0.15, 0.2) is 0 Å². The van der Waals surface area contributed by atoms with E-state index in [1.165, 1.54) is 12.8 Å². The molecule has 76 valence electrons. The summed E-state index contributed by atoms with van der Waals surface area (Å²) < 4.78 is 0. The maximum absolute atomic E-state index is 5.63. The molecule has 0 aromatic carbocycles. The van der Waals surface area contributed by atoms with Crippen LogP contribution in [0, 0.1) is 0 Å². The van der Waals surface area contributed by atoms with E-state index in [1.54, 1.807) is 0 Å². The van der Waals surface area contributed by atoms with Crippen LogP contribution in [-0.4, -0.2) is 28.5 Å². The molecule has 0 radical (unpaired) electrons. The standard InChI is InChI=1S/C9H15N5/c1-3-14(2)9-12-7(6-4-5-6)11-8(10)13-9/h6H,3-5H2,1-2H3,(H2,10,11,12,13). The highest BCUT2D eigenvalue weighted by Crippen LogP contribution is 2.38. The third kappa shape index (κ3) is 1.76. The molecule has 1 fully saturated rings. The van der Waals surface area contributed by atoms with E-state index in [-0.39, 0.29) is 0 Å². The number of hydrogen-bond donors (Lipinski definition) is 1. The fourth-order valence-corrected chi connectivity index (χ4v) is 1.23. The number of aromatic nitrogens is 3. The lowest BCUT2D eigenvalue weighted by atomic mass is 10.4. The maximum Gasteiger partial charge on any atom is 0.230 e. The van der Waals surface area contributed by atoms with Crippen LogP contribution in [0.4, 0.5) is 11.9 Å². The van der Waals surface area contributed by atoms with E-state index < -0.39 is 0 Å². The Hall–Kier alpha value is -1.39. The van der Waals surface area contributed by atoms with Gasteiger partial charge in [0.05, 0.1) is 0 Å². The van der Waals surface area contributed by atoms with Gasteiger partial charge >= 0.3 is 0 Å². The van der Waals surface area contributed by atoms with Gasteiger partial charge in [-0.2, -0.15) is 15.0 Å². The summed E-state index contributed by atoms with van der Waals surface area (Å²) in [5.41, 5.74) is 5.63. The lowest BCUT2D eigenvalue weighted by molar-refractivity contribution is 0.837. The van der Waals surface area contributed by atoms with Gasteiger partial charge in [-0.3, -0.25) is 0 Å². The van der Waals surface area contributed by atoms with Crippen molar-refractivity contribution >= 4 is 11.9 Å². The van der Waals surface area contributed by atoms with Crippen molar-refractivity contribution in [3.05, 3.63) is 5.82 Å². The summed E-state index contributed by atoms with van der Waals surface area (Å²) in [6.45, 7) is 2.92. The van der Waals surface area contributed by atoms with Crippen molar-refractivity contribution in [1.82, 2.24) is 15.0 Å². The molecule has 0 bridgehead atoms. The molecule has 1 aromatic heterocycles. The van der Waals surface area contributed by atoms with Gasteiger partial charge in [-0.15, -0.1) is 0 Å². The summed E-state index contributed by atoms with van der Waals surface area (Å²) in [6.07, 6.45) is 2.36. The molecular weight excluding hydrogens is 178 g/mol. The van der Waals surface area contributed by atoms with Gasteiger partial charge in [-0.1, -0.05) is 0 Å². The molecule has 1 aromatic rings. The van der Waals surface area contributed by atoms with Gasteiger partial charge in [0.2, 0.25) is 11.9 Å². The Morgan fingerprint density at radius 1 is 1.36 bits per heavy atom. The number of anilines is 2. The molecule has 0 atom stereocenters. The third-order valence-electron chi connectivity index (χ3n) is 2.42. The summed E-state index contributed by atoms with van der Waals surface area (Å²) in [5, 5.41) is 0. The zero-order chi connectivity index (χ0) is 10.1. The van der Waals surface area contributed by atoms with Crippen LogP contribution in [0.3, 0.4) is 0 Å². The van der Waals surface area contributed by atoms with Gasteiger partial charge < -0.3 is 10.6 Å². The molecule has 1 aliphatic rings. The van der Waals surface area contributed by atoms with Crippen LogP contribution >= 0.6 is 0 Å². The first kappa shape index (κ1) is 9.18. The van der Waals surface area contributed by atoms with Crippen molar-refractivity contribution in [3.8, 4) is 0 Å². The minimum Gasteiger partial charge on any atom is -0.368 e. The van der Waals surface area contributed by atoms with Crippen molar-refractivity contribution < 1.29 is 0 Å². The molecule has 0 amide bonds. The quantitative estimate of drug-likeness (QED) is 0.768. The Labute approximate surface area is 83.4 Å². The molecule has 14 heavy (non-hydrogen) atoms. The fourth-order valence-electron chi connectivity index (χ4n) is 1.23. The topological polar surface area (TPSA) is 67.9 Å². The van der Waals surface area contributed by atoms with Crippen LogP contribution in [0.5, 0.6) is 0 Å². The minimum absolute atomic E-state index is 0.331. The number of rotatable bonds is 3. The molecule has 1 saturated carbocycles. The van der Waals surface area contributed by atoms with Crippen molar-refractivity contribution in [3.63, 3.8) is 0 Å². The predicted octanol–water partition coefficient (Wildman–Crippen LogP) is 0.787. The van der Waals surface area contributed by atoms with Crippen molar-refractivity contribution in [1.29, 1.82) is 0 Å². The lowest BCUT2D eigenvalue weighted by Gasteiger charge is -2.14. The van der Waals surface area contributed by atoms with Gasteiger partial charge in [0.1, 0.15) is 5.82 Å². The monoisotopic (exact) mass is 193 g/mol. The highest BCUT2D eigenvalue weighted by Gasteiger charge is 2.27. The van der Waals surface area contributed by atoms with E-state index in [0.29, 0.717) is 17.8 Å². The molecular formula is C9H15N5. The summed E-state index contributed by atoms with van der Waals surface area (Å²) in [4.78, 5) is 14.6. The minimum atomic E-state index is 0.331. The third-order valence-corrected chi connectivity index (χ3v) is 2.42. The molecule has 0 saturated heterocycles. The SMILES string of the molecule is CCN(C)c1nc(N)nc(C2CC2)n1. The fraction of sp³-hybridized carbons (Fsp3) is 0.667. The van der Waals surface area contributed by atoms with Gasteiger partial charge in [0.25, 0.3) is 0 Å². The second-order valence-corrected chi connectivity index (χ2v) is 3.64. The van der Waals surface area contributed by atoms with Gasteiger partial charge in [0, 0.05) is 19.5 Å². The van der Waals surface area contributed by atoms with Crippen LogP contribution in [-0.2, 0) is 0 Å². The molecule has 0 aliphatic heterocycles. The zero-order valence-electron chi connectivity index (χ0n) is 8.56. The Balaban J connectivity index is 2.30. The van der Waals surface area contributed by atoms with Crippen LogP contribution in [0.1, 0.15) is 31.5 Å². The second kappa shape index (κ2) is 3.40. The van der Waals surface area contributed by atoms with Crippen molar-refractivity contribution in [2.75, 3.05) is 24.2 Å². The molecule has 5 nitrogen and oxygen atoms in total. The Bertz CT molecular complexity index is 334. The first-order valence-corrected chi connectivity index (χ1v) is 4.93. The first-order valence-electron chi connectivity index (χ1n) is 4.93.